The number of benzene rings is 1. The second-order valence-corrected chi connectivity index (χ2v) is 4.12. The number of amides is 1. The molecule has 0 saturated heterocycles. The van der Waals surface area contributed by atoms with Crippen LogP contribution in [0.4, 0.5) is 5.69 Å². The largest absolute Gasteiger partial charge is 0.309 e. The summed E-state index contributed by atoms with van der Waals surface area (Å²) in [5.74, 6) is 0.00509. The van der Waals surface area contributed by atoms with Crippen molar-refractivity contribution in [1.82, 2.24) is 4.98 Å². The van der Waals surface area contributed by atoms with Gasteiger partial charge in [-0.1, -0.05) is 12.1 Å². The first kappa shape index (κ1) is 15.2. The Morgan fingerprint density at radius 2 is 1.89 bits per heavy atom. The normalized spacial score (nSPS) is 9.58. The number of hydrogen-bond donors (Lipinski definition) is 0. The minimum absolute atomic E-state index is 0. The highest BCUT2D eigenvalue weighted by Crippen LogP contribution is 2.18. The zero-order valence-electron chi connectivity index (χ0n) is 11.0. The molecule has 0 aliphatic heterocycles. The Morgan fingerprint density at radius 1 is 1.21 bits per heavy atom. The number of nitrogens with zero attached hydrogens (tertiary/aromatic N) is 2. The lowest BCUT2D eigenvalue weighted by molar-refractivity contribution is 0.0988. The van der Waals surface area contributed by atoms with Crippen LogP contribution in [0.3, 0.4) is 0 Å². The first-order chi connectivity index (χ1) is 8.72. The number of halogens is 1. The van der Waals surface area contributed by atoms with Gasteiger partial charge in [0.25, 0.3) is 5.91 Å². The summed E-state index contributed by atoms with van der Waals surface area (Å²) in [4.78, 5) is 18.1. The van der Waals surface area contributed by atoms with Crippen molar-refractivity contribution in [1.29, 1.82) is 0 Å². The molecule has 0 saturated carbocycles. The van der Waals surface area contributed by atoms with Crippen LogP contribution in [0.5, 0.6) is 0 Å². The minimum Gasteiger partial charge on any atom is -0.309 e. The zero-order valence-corrected chi connectivity index (χ0v) is 11.9. The van der Waals surface area contributed by atoms with Crippen LogP contribution in [0.15, 0.2) is 48.8 Å². The molecule has 0 N–H and O–H groups in total. The van der Waals surface area contributed by atoms with Gasteiger partial charge in [0.15, 0.2) is 0 Å². The van der Waals surface area contributed by atoms with Crippen molar-refractivity contribution in [2.24, 2.45) is 0 Å². The molecule has 100 valence electrons. The summed E-state index contributed by atoms with van der Waals surface area (Å²) in [5, 5.41) is 0. The molecular formula is C15H17ClN2O. The smallest absolute Gasteiger partial charge is 0.258 e. The lowest BCUT2D eigenvalue weighted by atomic mass is 10.1. The van der Waals surface area contributed by atoms with Crippen LogP contribution in [0.1, 0.15) is 22.8 Å². The Balaban J connectivity index is 0.00000180. The van der Waals surface area contributed by atoms with Crippen molar-refractivity contribution in [2.45, 2.75) is 13.8 Å². The van der Waals surface area contributed by atoms with Gasteiger partial charge in [0.2, 0.25) is 0 Å². The minimum atomic E-state index is 0. The SMILES string of the molecule is CCN(C(=O)c1ccncc1)c1cccc(C)c1.Cl. The Hall–Kier alpha value is -1.87. The van der Waals surface area contributed by atoms with Crippen molar-refractivity contribution in [3.63, 3.8) is 0 Å². The Kier molecular flexibility index (Phi) is 5.52. The summed E-state index contributed by atoms with van der Waals surface area (Å²) >= 11 is 0. The third kappa shape index (κ3) is 3.55. The van der Waals surface area contributed by atoms with E-state index in [0.29, 0.717) is 12.1 Å². The number of pyridine rings is 1. The highest BCUT2D eigenvalue weighted by atomic mass is 35.5. The van der Waals surface area contributed by atoms with E-state index in [0.717, 1.165) is 11.3 Å². The number of carbonyl (C=O) groups is 1. The Bertz CT molecular complexity index is 543. The third-order valence-corrected chi connectivity index (χ3v) is 2.80. The van der Waals surface area contributed by atoms with Gasteiger partial charge in [0.1, 0.15) is 0 Å². The van der Waals surface area contributed by atoms with Crippen LogP contribution in [0, 0.1) is 6.92 Å². The van der Waals surface area contributed by atoms with Crippen LogP contribution >= 0.6 is 12.4 Å². The fourth-order valence-corrected chi connectivity index (χ4v) is 1.89. The van der Waals surface area contributed by atoms with Gasteiger partial charge in [-0.3, -0.25) is 9.78 Å². The molecule has 4 heteroatoms. The second kappa shape index (κ2) is 6.90. The van der Waals surface area contributed by atoms with Gasteiger partial charge in [-0.25, -0.2) is 0 Å². The highest BCUT2D eigenvalue weighted by Gasteiger charge is 2.15. The van der Waals surface area contributed by atoms with Gasteiger partial charge in [0, 0.05) is 30.2 Å². The van der Waals surface area contributed by atoms with Crippen molar-refractivity contribution < 1.29 is 4.79 Å². The number of aromatic nitrogens is 1. The Morgan fingerprint density at radius 3 is 2.47 bits per heavy atom. The van der Waals surface area contributed by atoms with Gasteiger partial charge >= 0.3 is 0 Å². The molecule has 2 aromatic rings. The maximum absolute atomic E-state index is 12.4. The molecule has 2 rings (SSSR count). The molecular weight excluding hydrogens is 260 g/mol. The fraction of sp³-hybridized carbons (Fsp3) is 0.200. The van der Waals surface area contributed by atoms with Gasteiger partial charge < -0.3 is 4.90 Å². The Labute approximate surface area is 119 Å². The van der Waals surface area contributed by atoms with Crippen molar-refractivity contribution in [2.75, 3.05) is 11.4 Å². The van der Waals surface area contributed by atoms with E-state index >= 15 is 0 Å². The number of aryl methyl sites for hydroxylation is 1. The van der Waals surface area contributed by atoms with Crippen LogP contribution in [0.25, 0.3) is 0 Å². The van der Waals surface area contributed by atoms with E-state index in [-0.39, 0.29) is 18.3 Å². The topological polar surface area (TPSA) is 33.2 Å². The summed E-state index contributed by atoms with van der Waals surface area (Å²) in [5.41, 5.74) is 2.74. The van der Waals surface area contributed by atoms with E-state index in [1.165, 1.54) is 0 Å². The lowest BCUT2D eigenvalue weighted by Gasteiger charge is -2.21. The quantitative estimate of drug-likeness (QED) is 0.860. The standard InChI is InChI=1S/C15H16N2O.ClH/c1-3-17(14-6-4-5-12(2)11-14)15(18)13-7-9-16-10-8-13;/h4-11H,3H2,1-2H3;1H. The summed E-state index contributed by atoms with van der Waals surface area (Å²) in [6.07, 6.45) is 3.27. The predicted molar refractivity (Wildman–Crippen MR) is 80.0 cm³/mol. The van der Waals surface area contributed by atoms with E-state index < -0.39 is 0 Å². The van der Waals surface area contributed by atoms with E-state index in [9.17, 15) is 4.79 Å². The van der Waals surface area contributed by atoms with Gasteiger partial charge in [-0.2, -0.15) is 0 Å². The predicted octanol–water partition coefficient (Wildman–Crippen LogP) is 3.48. The van der Waals surface area contributed by atoms with E-state index in [4.69, 9.17) is 0 Å². The molecule has 0 unspecified atom stereocenters. The molecule has 3 nitrogen and oxygen atoms in total. The molecule has 0 bridgehead atoms. The molecule has 1 amide bonds. The molecule has 0 spiro atoms. The summed E-state index contributed by atoms with van der Waals surface area (Å²) in [7, 11) is 0. The molecule has 1 aromatic carbocycles. The van der Waals surface area contributed by atoms with Gasteiger partial charge in [0.05, 0.1) is 0 Å². The van der Waals surface area contributed by atoms with E-state index in [2.05, 4.69) is 4.98 Å². The number of hydrogen-bond acceptors (Lipinski definition) is 2. The molecule has 0 aliphatic carbocycles. The monoisotopic (exact) mass is 276 g/mol. The third-order valence-electron chi connectivity index (χ3n) is 2.80. The average Bonchev–Trinajstić information content (AvgIpc) is 2.40. The molecule has 0 radical (unpaired) electrons. The maximum Gasteiger partial charge on any atom is 0.258 e. The van der Waals surface area contributed by atoms with Crippen LogP contribution in [-0.4, -0.2) is 17.4 Å². The van der Waals surface area contributed by atoms with Crippen molar-refractivity contribution >= 4 is 24.0 Å². The number of carbonyl (C=O) groups excluding carboxylic acids is 1. The average molecular weight is 277 g/mol. The first-order valence-electron chi connectivity index (χ1n) is 6.01. The van der Waals surface area contributed by atoms with E-state index in [1.807, 2.05) is 38.1 Å². The first-order valence-corrected chi connectivity index (χ1v) is 6.01. The van der Waals surface area contributed by atoms with Crippen molar-refractivity contribution in [3.8, 4) is 0 Å². The van der Waals surface area contributed by atoms with Crippen LogP contribution < -0.4 is 4.90 Å². The van der Waals surface area contributed by atoms with Gasteiger partial charge in [-0.05, 0) is 43.7 Å². The van der Waals surface area contributed by atoms with Crippen molar-refractivity contribution in [3.05, 3.63) is 59.9 Å². The summed E-state index contributed by atoms with van der Waals surface area (Å²) in [6, 6.07) is 11.4. The van der Waals surface area contributed by atoms with Crippen LogP contribution in [-0.2, 0) is 0 Å². The van der Waals surface area contributed by atoms with Crippen LogP contribution in [0.2, 0.25) is 0 Å². The summed E-state index contributed by atoms with van der Waals surface area (Å²) < 4.78 is 0. The molecule has 0 fully saturated rings. The van der Waals surface area contributed by atoms with E-state index in [1.54, 1.807) is 29.4 Å². The molecule has 1 heterocycles. The molecule has 0 aliphatic rings. The van der Waals surface area contributed by atoms with Gasteiger partial charge in [-0.15, -0.1) is 12.4 Å². The molecule has 19 heavy (non-hydrogen) atoms. The summed E-state index contributed by atoms with van der Waals surface area (Å²) in [6.45, 7) is 4.64. The fourth-order valence-electron chi connectivity index (χ4n) is 1.89. The second-order valence-electron chi connectivity index (χ2n) is 4.12. The zero-order chi connectivity index (χ0) is 13.0. The lowest BCUT2D eigenvalue weighted by Crippen LogP contribution is -2.30. The maximum atomic E-state index is 12.4. The molecule has 1 aromatic heterocycles. The molecule has 0 atom stereocenters. The number of rotatable bonds is 3. The highest BCUT2D eigenvalue weighted by molar-refractivity contribution is 6.05. The number of anilines is 1.